The molecule has 0 aliphatic carbocycles. The molecule has 5 N–H and O–H groups in total. The third kappa shape index (κ3) is 5.04. The van der Waals surface area contributed by atoms with Crippen molar-refractivity contribution in [1.82, 2.24) is 30.8 Å². The Hall–Kier alpha value is -4.96. The second-order valence-electron chi connectivity index (χ2n) is 8.26. The van der Waals surface area contributed by atoms with Gasteiger partial charge in [0.1, 0.15) is 23.4 Å². The lowest BCUT2D eigenvalue weighted by molar-refractivity contribution is -0.119. The zero-order valence-electron chi connectivity index (χ0n) is 19.9. The zero-order valence-corrected chi connectivity index (χ0v) is 19.9. The first-order valence-electron chi connectivity index (χ1n) is 11.5. The number of rotatable bonds is 8. The normalized spacial score (nSPS) is 11.7. The van der Waals surface area contributed by atoms with E-state index in [1.807, 2.05) is 42.5 Å². The van der Waals surface area contributed by atoms with Crippen LogP contribution in [0.4, 0.5) is 0 Å². The fourth-order valence-electron chi connectivity index (χ4n) is 3.92. The summed E-state index contributed by atoms with van der Waals surface area (Å²) in [5.74, 6) is 0.553. The van der Waals surface area contributed by atoms with E-state index >= 15 is 0 Å². The number of aromatic nitrogens is 4. The average Bonchev–Trinajstić information content (AvgIpc) is 3.62. The summed E-state index contributed by atoms with van der Waals surface area (Å²) in [6, 6.07) is 20.0. The van der Waals surface area contributed by atoms with Crippen LogP contribution < -0.4 is 15.4 Å². The molecule has 37 heavy (non-hydrogen) atoms. The largest absolute Gasteiger partial charge is 0.456 e. The molecule has 5 aromatic rings. The van der Waals surface area contributed by atoms with Crippen LogP contribution in [-0.2, 0) is 4.79 Å². The molecule has 1 unspecified atom stereocenters. The van der Waals surface area contributed by atoms with Crippen molar-refractivity contribution in [2.75, 3.05) is 13.6 Å². The number of ether oxygens (including phenoxy) is 1. The van der Waals surface area contributed by atoms with Crippen molar-refractivity contribution in [2.45, 2.75) is 6.10 Å². The number of aliphatic hydroxyl groups is 1. The summed E-state index contributed by atoms with van der Waals surface area (Å²) in [6.07, 6.45) is 2.30. The molecule has 10 heteroatoms. The van der Waals surface area contributed by atoms with E-state index in [0.717, 1.165) is 11.1 Å². The Morgan fingerprint density at radius 3 is 2.70 bits per heavy atom. The number of fused-ring (bicyclic) bond motifs is 1. The Bertz CT molecular complexity index is 1560. The molecule has 0 spiro atoms. The number of nitrogens with zero attached hydrogens (tertiary/aromatic N) is 2. The minimum absolute atomic E-state index is 0.172. The Balaban J connectivity index is 1.41. The molecule has 1 atom stereocenters. The van der Waals surface area contributed by atoms with Crippen LogP contribution in [0.15, 0.2) is 79.1 Å². The van der Waals surface area contributed by atoms with E-state index in [-0.39, 0.29) is 18.0 Å². The van der Waals surface area contributed by atoms with Crippen molar-refractivity contribution in [3.8, 4) is 22.9 Å². The number of aromatic amines is 2. The molecule has 3 aromatic carbocycles. The maximum atomic E-state index is 13.0. The van der Waals surface area contributed by atoms with Gasteiger partial charge >= 0.3 is 0 Å². The summed E-state index contributed by atoms with van der Waals surface area (Å²) in [7, 11) is 1.50. The van der Waals surface area contributed by atoms with Gasteiger partial charge in [0.05, 0.1) is 35.7 Å². The highest BCUT2D eigenvalue weighted by molar-refractivity contribution is 6.09. The predicted octanol–water partition coefficient (Wildman–Crippen LogP) is 3.30. The quantitative estimate of drug-likeness (QED) is 0.223. The minimum Gasteiger partial charge on any atom is -0.456 e. The fraction of sp³-hybridized carbons (Fsp3) is 0.111. The van der Waals surface area contributed by atoms with Crippen LogP contribution in [0.5, 0.6) is 11.5 Å². The van der Waals surface area contributed by atoms with Crippen molar-refractivity contribution in [2.24, 2.45) is 0 Å². The van der Waals surface area contributed by atoms with E-state index in [4.69, 9.17) is 4.74 Å². The Labute approximate surface area is 211 Å². The lowest BCUT2D eigenvalue weighted by Crippen LogP contribution is -2.35. The van der Waals surface area contributed by atoms with E-state index in [0.29, 0.717) is 33.9 Å². The van der Waals surface area contributed by atoms with Crippen molar-refractivity contribution in [3.63, 3.8) is 0 Å². The van der Waals surface area contributed by atoms with Gasteiger partial charge in [0.15, 0.2) is 0 Å². The fourth-order valence-corrected chi connectivity index (χ4v) is 3.92. The summed E-state index contributed by atoms with van der Waals surface area (Å²) >= 11 is 0. The maximum Gasteiger partial charge on any atom is 0.256 e. The van der Waals surface area contributed by atoms with Gasteiger partial charge in [-0.25, -0.2) is 4.98 Å². The van der Waals surface area contributed by atoms with Crippen LogP contribution in [0.2, 0.25) is 0 Å². The summed E-state index contributed by atoms with van der Waals surface area (Å²) in [5.41, 5.74) is 2.97. The molecular formula is C27H24N6O4. The topological polar surface area (TPSA) is 145 Å². The number of hydrogen-bond donors (Lipinski definition) is 5. The lowest BCUT2D eigenvalue weighted by Gasteiger charge is -2.13. The van der Waals surface area contributed by atoms with Gasteiger partial charge in [-0.2, -0.15) is 5.10 Å². The first kappa shape index (κ1) is 23.8. The molecule has 186 valence electrons. The predicted molar refractivity (Wildman–Crippen MR) is 137 cm³/mol. The molecule has 0 bridgehead atoms. The van der Waals surface area contributed by atoms with Crippen molar-refractivity contribution in [1.29, 1.82) is 0 Å². The van der Waals surface area contributed by atoms with Crippen LogP contribution in [0, 0.1) is 0 Å². The number of nitrogens with one attached hydrogen (secondary N) is 4. The summed E-state index contributed by atoms with van der Waals surface area (Å²) in [6.45, 7) is -0.172. The van der Waals surface area contributed by atoms with Crippen LogP contribution in [0.1, 0.15) is 27.7 Å². The highest BCUT2D eigenvalue weighted by Gasteiger charge is 2.20. The van der Waals surface area contributed by atoms with Gasteiger partial charge in [0.2, 0.25) is 5.91 Å². The molecule has 2 aromatic heterocycles. The number of carbonyl (C=O) groups is 2. The second-order valence-corrected chi connectivity index (χ2v) is 8.26. The average molecular weight is 497 g/mol. The number of H-pyrrole nitrogens is 2. The van der Waals surface area contributed by atoms with Gasteiger partial charge in [-0.15, -0.1) is 0 Å². The highest BCUT2D eigenvalue weighted by atomic mass is 16.5. The first-order chi connectivity index (χ1) is 18.0. The number of benzene rings is 3. The third-order valence-electron chi connectivity index (χ3n) is 5.84. The van der Waals surface area contributed by atoms with E-state index < -0.39 is 12.0 Å². The second kappa shape index (κ2) is 10.3. The van der Waals surface area contributed by atoms with E-state index in [9.17, 15) is 14.7 Å². The standard InChI is InChI=1S/C27H24N6O4/c1-28-23(34)15-30-27(36)24-19-13-31-33-20(19)10-11-22(24)37-18-9-5-8-17(12-18)26-29-14-21(32-26)25(35)16-6-3-2-4-7-16/h2-14,25,35H,15H2,1H3,(H,28,34)(H,29,32)(H,30,36)(H,31,33). The maximum absolute atomic E-state index is 13.0. The van der Waals surface area contributed by atoms with E-state index in [2.05, 4.69) is 30.8 Å². The molecule has 5 rings (SSSR count). The van der Waals surface area contributed by atoms with Gasteiger partial charge in [0.25, 0.3) is 5.91 Å². The molecule has 0 saturated carbocycles. The van der Waals surface area contributed by atoms with Crippen molar-refractivity contribution in [3.05, 3.63) is 95.9 Å². The number of imidazole rings is 1. The molecule has 2 amide bonds. The van der Waals surface area contributed by atoms with Crippen LogP contribution in [0.25, 0.3) is 22.3 Å². The Morgan fingerprint density at radius 1 is 1.05 bits per heavy atom. The molecule has 0 aliphatic heterocycles. The summed E-state index contributed by atoms with van der Waals surface area (Å²) < 4.78 is 6.13. The molecule has 2 heterocycles. The molecular weight excluding hydrogens is 472 g/mol. The van der Waals surface area contributed by atoms with Gasteiger partial charge in [-0.1, -0.05) is 42.5 Å². The van der Waals surface area contributed by atoms with Gasteiger partial charge in [-0.3, -0.25) is 14.7 Å². The van der Waals surface area contributed by atoms with E-state index in [1.54, 1.807) is 30.5 Å². The Kier molecular flexibility index (Phi) is 6.64. The minimum atomic E-state index is -0.834. The number of likely N-dealkylation sites (N-methyl/N-ethyl adjacent to an activating group) is 1. The monoisotopic (exact) mass is 496 g/mol. The molecule has 0 aliphatic rings. The van der Waals surface area contributed by atoms with Gasteiger partial charge in [0, 0.05) is 18.0 Å². The van der Waals surface area contributed by atoms with E-state index in [1.165, 1.54) is 13.2 Å². The smallest absolute Gasteiger partial charge is 0.256 e. The summed E-state index contributed by atoms with van der Waals surface area (Å²) in [5, 5.41) is 23.2. The zero-order chi connectivity index (χ0) is 25.8. The summed E-state index contributed by atoms with van der Waals surface area (Å²) in [4.78, 5) is 32.2. The molecule has 0 saturated heterocycles. The van der Waals surface area contributed by atoms with Gasteiger partial charge in [-0.05, 0) is 29.8 Å². The number of carbonyl (C=O) groups excluding carboxylic acids is 2. The Morgan fingerprint density at radius 2 is 1.89 bits per heavy atom. The van der Waals surface area contributed by atoms with Crippen molar-refractivity contribution < 1.29 is 19.4 Å². The van der Waals surface area contributed by atoms with Crippen LogP contribution in [0.3, 0.4) is 0 Å². The van der Waals surface area contributed by atoms with Crippen molar-refractivity contribution >= 4 is 22.7 Å². The number of aliphatic hydroxyl groups excluding tert-OH is 1. The van der Waals surface area contributed by atoms with Crippen LogP contribution >= 0.6 is 0 Å². The number of hydrogen-bond acceptors (Lipinski definition) is 6. The first-order valence-corrected chi connectivity index (χ1v) is 11.5. The molecule has 0 radical (unpaired) electrons. The molecule has 10 nitrogen and oxygen atoms in total. The third-order valence-corrected chi connectivity index (χ3v) is 5.84. The highest BCUT2D eigenvalue weighted by Crippen LogP contribution is 2.33. The SMILES string of the molecule is CNC(=O)CNC(=O)c1c(Oc2cccc(-c3ncc(C(O)c4ccccc4)[nH]3)c2)ccc2[nH]ncc12. The van der Waals surface area contributed by atoms with Gasteiger partial charge < -0.3 is 25.5 Å². The lowest BCUT2D eigenvalue weighted by atomic mass is 10.1. The van der Waals surface area contributed by atoms with Crippen LogP contribution in [-0.4, -0.2) is 50.7 Å². The number of amides is 2. The molecule has 0 fully saturated rings.